The number of furan rings is 1. The average molecular weight is 308 g/mol. The van der Waals surface area contributed by atoms with E-state index in [-0.39, 0.29) is 11.2 Å². The van der Waals surface area contributed by atoms with Crippen molar-refractivity contribution in [1.82, 2.24) is 9.29 Å². The number of rotatable bonds is 5. The van der Waals surface area contributed by atoms with E-state index in [4.69, 9.17) is 9.15 Å². The molecule has 1 saturated heterocycles. The quantitative estimate of drug-likeness (QED) is 0.840. The van der Waals surface area contributed by atoms with Gasteiger partial charge in [0, 0.05) is 19.3 Å². The van der Waals surface area contributed by atoms with Crippen molar-refractivity contribution in [2.45, 2.75) is 24.2 Å². The van der Waals surface area contributed by atoms with E-state index in [1.165, 1.54) is 16.6 Å². The van der Waals surface area contributed by atoms with E-state index < -0.39 is 10.0 Å². The molecule has 112 valence electrons. The summed E-state index contributed by atoms with van der Waals surface area (Å²) in [7, 11) is -3.54. The molecule has 1 atom stereocenters. The summed E-state index contributed by atoms with van der Waals surface area (Å²) in [5.41, 5.74) is 0.838. The first kappa shape index (κ1) is 14.2. The van der Waals surface area contributed by atoms with Crippen LogP contribution >= 0.6 is 0 Å². The first-order valence-electron chi connectivity index (χ1n) is 6.71. The minimum Gasteiger partial charge on any atom is -0.452 e. The van der Waals surface area contributed by atoms with Crippen LogP contribution in [0, 0.1) is 0 Å². The molecule has 2 aromatic rings. The van der Waals surface area contributed by atoms with E-state index in [9.17, 15) is 8.42 Å². The lowest BCUT2D eigenvalue weighted by molar-refractivity contribution is 0.0489. The third-order valence-electron chi connectivity index (χ3n) is 3.39. The molecule has 7 heteroatoms. The highest BCUT2D eigenvalue weighted by atomic mass is 32.2. The summed E-state index contributed by atoms with van der Waals surface area (Å²) < 4.78 is 36.7. The minimum absolute atomic E-state index is 0.0205. The fourth-order valence-electron chi connectivity index (χ4n) is 2.28. The highest BCUT2D eigenvalue weighted by Gasteiger charge is 2.34. The minimum atomic E-state index is -3.54. The number of pyridine rings is 1. The molecular weight excluding hydrogens is 292 g/mol. The van der Waals surface area contributed by atoms with Crippen molar-refractivity contribution in [2.24, 2.45) is 0 Å². The van der Waals surface area contributed by atoms with Gasteiger partial charge in [-0.2, -0.15) is 4.31 Å². The third-order valence-corrected chi connectivity index (χ3v) is 5.14. The van der Waals surface area contributed by atoms with Crippen molar-refractivity contribution in [3.63, 3.8) is 0 Å². The topological polar surface area (TPSA) is 72.6 Å². The van der Waals surface area contributed by atoms with E-state index in [0.717, 1.165) is 5.69 Å². The highest BCUT2D eigenvalue weighted by Crippen LogP contribution is 2.23. The van der Waals surface area contributed by atoms with E-state index in [1.807, 2.05) is 18.2 Å². The second kappa shape index (κ2) is 5.97. The lowest BCUT2D eigenvalue weighted by Crippen LogP contribution is -2.30. The van der Waals surface area contributed by atoms with Crippen LogP contribution in [-0.4, -0.2) is 36.9 Å². The zero-order chi connectivity index (χ0) is 14.7. The fraction of sp³-hybridized carbons (Fsp3) is 0.357. The highest BCUT2D eigenvalue weighted by molar-refractivity contribution is 7.89. The maximum atomic E-state index is 12.3. The Morgan fingerprint density at radius 3 is 2.95 bits per heavy atom. The van der Waals surface area contributed by atoms with Crippen molar-refractivity contribution in [1.29, 1.82) is 0 Å². The molecule has 3 rings (SSSR count). The van der Waals surface area contributed by atoms with Gasteiger partial charge >= 0.3 is 0 Å². The van der Waals surface area contributed by atoms with Crippen LogP contribution < -0.4 is 0 Å². The first-order valence-corrected chi connectivity index (χ1v) is 8.15. The Labute approximate surface area is 123 Å². The molecule has 1 aliphatic rings. The Morgan fingerprint density at radius 1 is 1.33 bits per heavy atom. The Morgan fingerprint density at radius 2 is 2.24 bits per heavy atom. The summed E-state index contributed by atoms with van der Waals surface area (Å²) in [6.07, 6.45) is 3.63. The van der Waals surface area contributed by atoms with E-state index in [2.05, 4.69) is 4.98 Å². The third kappa shape index (κ3) is 3.15. The molecule has 21 heavy (non-hydrogen) atoms. The number of sulfonamides is 1. The number of nitrogens with zero attached hydrogens (tertiary/aromatic N) is 2. The van der Waals surface area contributed by atoms with Gasteiger partial charge in [0.2, 0.25) is 5.09 Å². The Balaban J connectivity index is 1.59. The summed E-state index contributed by atoms with van der Waals surface area (Å²) in [4.78, 5) is 4.18. The molecule has 0 N–H and O–H groups in total. The molecular formula is C14H16N2O4S. The number of hydrogen-bond donors (Lipinski definition) is 0. The zero-order valence-electron chi connectivity index (χ0n) is 11.4. The lowest BCUT2D eigenvalue weighted by Gasteiger charge is -2.15. The van der Waals surface area contributed by atoms with Gasteiger partial charge < -0.3 is 9.15 Å². The van der Waals surface area contributed by atoms with E-state index in [1.54, 1.807) is 12.3 Å². The number of hydrogen-bond acceptors (Lipinski definition) is 5. The van der Waals surface area contributed by atoms with Crippen LogP contribution in [0.25, 0.3) is 0 Å². The zero-order valence-corrected chi connectivity index (χ0v) is 12.2. The summed E-state index contributed by atoms with van der Waals surface area (Å²) >= 11 is 0. The monoisotopic (exact) mass is 308 g/mol. The van der Waals surface area contributed by atoms with Gasteiger partial charge in [-0.1, -0.05) is 6.07 Å². The molecule has 0 aliphatic carbocycles. The molecule has 6 nitrogen and oxygen atoms in total. The number of aromatic nitrogens is 1. The van der Waals surface area contributed by atoms with Crippen molar-refractivity contribution in [3.8, 4) is 0 Å². The van der Waals surface area contributed by atoms with Gasteiger partial charge in [0.25, 0.3) is 10.0 Å². The van der Waals surface area contributed by atoms with Crippen molar-refractivity contribution in [3.05, 3.63) is 48.5 Å². The molecule has 0 spiro atoms. The van der Waals surface area contributed by atoms with Gasteiger partial charge in [-0.25, -0.2) is 8.42 Å². The van der Waals surface area contributed by atoms with Gasteiger partial charge in [0.1, 0.15) is 0 Å². The molecule has 1 aliphatic heterocycles. The summed E-state index contributed by atoms with van der Waals surface area (Å²) in [5.74, 6) is 0. The van der Waals surface area contributed by atoms with Crippen LogP contribution in [0.5, 0.6) is 0 Å². The molecule has 0 unspecified atom stereocenters. The van der Waals surface area contributed by atoms with Crippen LogP contribution in [0.15, 0.2) is 52.3 Å². The average Bonchev–Trinajstić information content (AvgIpc) is 3.18. The van der Waals surface area contributed by atoms with Crippen LogP contribution in [0.4, 0.5) is 0 Å². The predicted octanol–water partition coefficient (Wildman–Crippen LogP) is 1.65. The maximum absolute atomic E-state index is 12.3. The van der Waals surface area contributed by atoms with Gasteiger partial charge in [0.15, 0.2) is 0 Å². The van der Waals surface area contributed by atoms with Crippen molar-refractivity contribution in [2.75, 3.05) is 13.1 Å². The molecule has 2 aromatic heterocycles. The molecule has 0 amide bonds. The second-order valence-corrected chi connectivity index (χ2v) is 6.71. The Hall–Kier alpha value is -1.70. The predicted molar refractivity (Wildman–Crippen MR) is 74.9 cm³/mol. The first-order chi connectivity index (χ1) is 10.2. The molecule has 0 saturated carbocycles. The molecule has 3 heterocycles. The van der Waals surface area contributed by atoms with Crippen LogP contribution in [0.3, 0.4) is 0 Å². The van der Waals surface area contributed by atoms with E-state index in [0.29, 0.717) is 26.1 Å². The second-order valence-electron chi connectivity index (χ2n) is 4.84. The van der Waals surface area contributed by atoms with Crippen LogP contribution in [0.2, 0.25) is 0 Å². The molecule has 0 aromatic carbocycles. The van der Waals surface area contributed by atoms with Crippen LogP contribution in [-0.2, 0) is 21.4 Å². The molecule has 0 radical (unpaired) electrons. The van der Waals surface area contributed by atoms with Gasteiger partial charge in [-0.3, -0.25) is 4.98 Å². The molecule has 1 fully saturated rings. The largest absolute Gasteiger partial charge is 0.452 e. The summed E-state index contributed by atoms with van der Waals surface area (Å²) in [6, 6.07) is 8.65. The molecule has 0 bridgehead atoms. The Kier molecular flexibility index (Phi) is 4.05. The van der Waals surface area contributed by atoms with Gasteiger partial charge in [0.05, 0.1) is 24.7 Å². The maximum Gasteiger partial charge on any atom is 0.276 e. The normalized spacial score (nSPS) is 19.9. The summed E-state index contributed by atoms with van der Waals surface area (Å²) in [6.45, 7) is 1.17. The van der Waals surface area contributed by atoms with Gasteiger partial charge in [-0.05, 0) is 30.7 Å². The smallest absolute Gasteiger partial charge is 0.276 e. The SMILES string of the molecule is O=S(=O)(c1ccco1)N1CC[C@H](OCc2ccccn2)C1. The summed E-state index contributed by atoms with van der Waals surface area (Å²) in [5, 5.41) is -0.0205. The fourth-order valence-corrected chi connectivity index (χ4v) is 3.67. The van der Waals surface area contributed by atoms with Crippen molar-refractivity contribution >= 4 is 10.0 Å². The van der Waals surface area contributed by atoms with Crippen molar-refractivity contribution < 1.29 is 17.6 Å². The standard InChI is InChI=1S/C14H16N2O4S/c17-21(18,14-5-3-9-19-14)16-8-6-13(10-16)20-11-12-4-1-2-7-15-12/h1-5,7,9,13H,6,8,10-11H2/t13-/m0/s1. The number of ether oxygens (including phenoxy) is 1. The lowest BCUT2D eigenvalue weighted by atomic mass is 10.3. The van der Waals surface area contributed by atoms with Gasteiger partial charge in [-0.15, -0.1) is 0 Å². The Bertz CT molecular complexity index is 670. The van der Waals surface area contributed by atoms with E-state index >= 15 is 0 Å². The van der Waals surface area contributed by atoms with Crippen LogP contribution in [0.1, 0.15) is 12.1 Å².